The number of carbonyl (C=O) groups excluding carboxylic acids is 1. The number of methoxy groups -OCH3 is 1. The first kappa shape index (κ1) is 23.6. The van der Waals surface area contributed by atoms with Crippen LogP contribution in [0.5, 0.6) is 5.75 Å². The number of hydrogen-bond donors (Lipinski definition) is 0. The number of piperazine rings is 1. The summed E-state index contributed by atoms with van der Waals surface area (Å²) in [7, 11) is 3.25. The van der Waals surface area contributed by atoms with Gasteiger partial charge in [0.2, 0.25) is 5.91 Å². The van der Waals surface area contributed by atoms with E-state index in [1.807, 2.05) is 16.5 Å². The maximum absolute atomic E-state index is 13.2. The molecule has 0 atom stereocenters. The highest BCUT2D eigenvalue weighted by molar-refractivity contribution is 7.13. The number of carbonyl (C=O) groups is 1. The van der Waals surface area contributed by atoms with Crippen molar-refractivity contribution in [1.29, 1.82) is 0 Å². The zero-order chi connectivity index (χ0) is 24.5. The summed E-state index contributed by atoms with van der Waals surface area (Å²) in [6, 6.07) is 5.19. The first-order chi connectivity index (χ1) is 17.0. The van der Waals surface area contributed by atoms with Crippen molar-refractivity contribution >= 4 is 33.3 Å². The first-order valence-corrected chi connectivity index (χ1v) is 13.0. The Labute approximate surface area is 207 Å². The Morgan fingerprint density at radius 3 is 2.51 bits per heavy atom. The number of aromatic nitrogens is 3. The van der Waals surface area contributed by atoms with Gasteiger partial charge in [-0.2, -0.15) is 0 Å². The zero-order valence-corrected chi connectivity index (χ0v) is 21.0. The second-order valence-electron chi connectivity index (χ2n) is 9.49. The van der Waals surface area contributed by atoms with Gasteiger partial charge in [-0.25, -0.2) is 9.78 Å². The van der Waals surface area contributed by atoms with Gasteiger partial charge in [0.05, 0.1) is 18.0 Å². The fourth-order valence-electron chi connectivity index (χ4n) is 5.38. The monoisotopic (exact) mass is 497 g/mol. The van der Waals surface area contributed by atoms with Crippen molar-refractivity contribution in [2.24, 2.45) is 18.9 Å². The molecule has 1 saturated carbocycles. The molecule has 2 fully saturated rings. The van der Waals surface area contributed by atoms with Crippen LogP contribution < -0.4 is 20.9 Å². The predicted molar refractivity (Wildman–Crippen MR) is 136 cm³/mol. The van der Waals surface area contributed by atoms with Crippen LogP contribution in [0.1, 0.15) is 25.7 Å². The highest BCUT2D eigenvalue weighted by Crippen LogP contribution is 2.31. The normalized spacial score (nSPS) is 20.9. The van der Waals surface area contributed by atoms with Crippen LogP contribution >= 0.6 is 11.3 Å². The number of aryl methyl sites for hydroxylation is 1. The standard InChI is InChI=1S/C25H31N5O4S/c1-27-21-8-7-19(34-2)15-20(21)23(32)30(25(27)33)16-17-3-5-18(6-4-17)22(31)28-10-12-29(13-11-28)24-26-9-14-35-24/h7-9,14-15,17-18H,3-6,10-13,16H2,1-2H3/t17-,18-. The Morgan fingerprint density at radius 2 is 1.86 bits per heavy atom. The first-order valence-electron chi connectivity index (χ1n) is 12.2. The predicted octanol–water partition coefficient (Wildman–Crippen LogP) is 2.32. The summed E-state index contributed by atoms with van der Waals surface area (Å²) in [4.78, 5) is 47.9. The molecule has 1 aliphatic carbocycles. The van der Waals surface area contributed by atoms with Crippen molar-refractivity contribution in [3.8, 4) is 5.75 Å². The van der Waals surface area contributed by atoms with Gasteiger partial charge in [0.1, 0.15) is 5.75 Å². The van der Waals surface area contributed by atoms with Gasteiger partial charge in [0, 0.05) is 57.3 Å². The number of nitrogens with zero attached hydrogens (tertiary/aromatic N) is 5. The Kier molecular flexibility index (Phi) is 6.64. The quantitative estimate of drug-likeness (QED) is 0.538. The molecule has 3 heterocycles. The van der Waals surface area contributed by atoms with E-state index in [1.54, 1.807) is 43.7 Å². The number of benzene rings is 1. The summed E-state index contributed by atoms with van der Waals surface area (Å²) in [5.74, 6) is 1.06. The molecule has 2 aliphatic rings. The minimum Gasteiger partial charge on any atom is -0.497 e. The molecule has 3 aromatic rings. The average molecular weight is 498 g/mol. The minimum absolute atomic E-state index is 0.0260. The van der Waals surface area contributed by atoms with Gasteiger partial charge in [-0.05, 0) is 49.8 Å². The van der Waals surface area contributed by atoms with Crippen molar-refractivity contribution < 1.29 is 9.53 Å². The van der Waals surface area contributed by atoms with Gasteiger partial charge in [0.15, 0.2) is 5.13 Å². The topological polar surface area (TPSA) is 89.7 Å². The number of fused-ring (bicyclic) bond motifs is 1. The maximum Gasteiger partial charge on any atom is 0.331 e. The van der Waals surface area contributed by atoms with Crippen molar-refractivity contribution in [3.05, 3.63) is 50.6 Å². The van der Waals surface area contributed by atoms with Gasteiger partial charge >= 0.3 is 5.69 Å². The molecule has 1 aromatic carbocycles. The summed E-state index contributed by atoms with van der Waals surface area (Å²) in [6.45, 7) is 3.46. The lowest BCUT2D eigenvalue weighted by atomic mass is 9.81. The number of hydrogen-bond acceptors (Lipinski definition) is 7. The molecule has 35 heavy (non-hydrogen) atoms. The summed E-state index contributed by atoms with van der Waals surface area (Å²) >= 11 is 1.63. The van der Waals surface area contributed by atoms with Crippen LogP contribution in [0.3, 0.4) is 0 Å². The van der Waals surface area contributed by atoms with E-state index in [0.29, 0.717) is 23.2 Å². The Bertz CT molecular complexity index is 1320. The number of thiazole rings is 1. The van der Waals surface area contributed by atoms with Gasteiger partial charge in [0.25, 0.3) is 5.56 Å². The molecule has 9 nitrogen and oxygen atoms in total. The smallest absolute Gasteiger partial charge is 0.331 e. The van der Waals surface area contributed by atoms with Gasteiger partial charge in [-0.3, -0.25) is 18.7 Å². The highest BCUT2D eigenvalue weighted by Gasteiger charge is 2.32. The number of anilines is 1. The summed E-state index contributed by atoms with van der Waals surface area (Å²) in [6.07, 6.45) is 5.08. The molecule has 2 aromatic heterocycles. The summed E-state index contributed by atoms with van der Waals surface area (Å²) in [5.41, 5.74) is 0.0172. The molecule has 0 unspecified atom stereocenters. The van der Waals surface area contributed by atoms with Gasteiger partial charge in [-0.1, -0.05) is 0 Å². The van der Waals surface area contributed by atoms with Crippen molar-refractivity contribution in [3.63, 3.8) is 0 Å². The van der Waals surface area contributed by atoms with E-state index in [0.717, 1.165) is 57.0 Å². The van der Waals surface area contributed by atoms with Crippen LogP contribution in [0.25, 0.3) is 10.9 Å². The largest absolute Gasteiger partial charge is 0.497 e. The molecule has 186 valence electrons. The number of rotatable bonds is 5. The van der Waals surface area contributed by atoms with E-state index in [4.69, 9.17) is 4.74 Å². The van der Waals surface area contributed by atoms with E-state index in [1.165, 1.54) is 9.13 Å². The van der Waals surface area contributed by atoms with Crippen LogP contribution in [0.4, 0.5) is 5.13 Å². The van der Waals surface area contributed by atoms with Crippen molar-refractivity contribution in [2.45, 2.75) is 32.2 Å². The van der Waals surface area contributed by atoms with E-state index in [9.17, 15) is 14.4 Å². The molecule has 1 aliphatic heterocycles. The molecule has 10 heteroatoms. The number of ether oxygens (including phenoxy) is 1. The minimum atomic E-state index is -0.302. The third-order valence-corrected chi connectivity index (χ3v) is 8.31. The lowest BCUT2D eigenvalue weighted by molar-refractivity contribution is -0.137. The third-order valence-electron chi connectivity index (χ3n) is 7.48. The van der Waals surface area contributed by atoms with Crippen molar-refractivity contribution in [1.82, 2.24) is 19.0 Å². The molecule has 0 radical (unpaired) electrons. The molecule has 0 bridgehead atoms. The molecular weight excluding hydrogens is 466 g/mol. The fourth-order valence-corrected chi connectivity index (χ4v) is 6.08. The summed E-state index contributed by atoms with van der Waals surface area (Å²) in [5, 5.41) is 3.47. The van der Waals surface area contributed by atoms with E-state index < -0.39 is 0 Å². The van der Waals surface area contributed by atoms with Crippen LogP contribution in [0.15, 0.2) is 39.4 Å². The summed E-state index contributed by atoms with van der Waals surface area (Å²) < 4.78 is 8.15. The molecule has 5 rings (SSSR count). The van der Waals surface area contributed by atoms with Gasteiger partial charge < -0.3 is 14.5 Å². The van der Waals surface area contributed by atoms with Crippen LogP contribution in [-0.2, 0) is 18.4 Å². The highest BCUT2D eigenvalue weighted by atomic mass is 32.1. The van der Waals surface area contributed by atoms with E-state index in [-0.39, 0.29) is 29.0 Å². The average Bonchev–Trinajstić information content (AvgIpc) is 3.45. The second kappa shape index (κ2) is 9.85. The molecule has 0 spiro atoms. The lowest BCUT2D eigenvalue weighted by Gasteiger charge is -2.37. The third kappa shape index (κ3) is 4.59. The van der Waals surface area contributed by atoms with Gasteiger partial charge in [-0.15, -0.1) is 11.3 Å². The van der Waals surface area contributed by atoms with Crippen molar-refractivity contribution in [2.75, 3.05) is 38.2 Å². The van der Waals surface area contributed by atoms with Crippen LogP contribution in [0.2, 0.25) is 0 Å². The Morgan fingerprint density at radius 1 is 1.11 bits per heavy atom. The molecular formula is C25H31N5O4S. The Balaban J connectivity index is 1.21. The SMILES string of the molecule is COc1ccc2c(c1)c(=O)n(C[C@H]1CC[C@H](C(=O)N3CCN(c4nccs4)CC3)CC1)c(=O)n2C. The van der Waals surface area contributed by atoms with E-state index in [2.05, 4.69) is 9.88 Å². The molecule has 1 saturated heterocycles. The second-order valence-corrected chi connectivity index (χ2v) is 10.4. The lowest BCUT2D eigenvalue weighted by Crippen LogP contribution is -2.50. The van der Waals surface area contributed by atoms with Crippen LogP contribution in [-0.4, -0.2) is 58.2 Å². The zero-order valence-electron chi connectivity index (χ0n) is 20.2. The fraction of sp³-hybridized carbons (Fsp3) is 0.520. The van der Waals surface area contributed by atoms with Crippen LogP contribution in [0, 0.1) is 11.8 Å². The number of amides is 1. The Hall–Kier alpha value is -3.14. The molecule has 0 N–H and O–H groups in total. The molecule has 1 amide bonds. The maximum atomic E-state index is 13.2. The van der Waals surface area contributed by atoms with E-state index >= 15 is 0 Å².